The molecule has 22 heavy (non-hydrogen) atoms. The highest BCUT2D eigenvalue weighted by atomic mass is 32.2. The van der Waals surface area contributed by atoms with Gasteiger partial charge in [0.05, 0.1) is 11.4 Å². The summed E-state index contributed by atoms with van der Waals surface area (Å²) in [5.74, 6) is 0.830. The van der Waals surface area contributed by atoms with Crippen LogP contribution in [0.1, 0.15) is 23.2 Å². The number of benzene rings is 1. The first-order valence-electron chi connectivity index (χ1n) is 7.31. The van der Waals surface area contributed by atoms with Crippen molar-refractivity contribution in [3.05, 3.63) is 47.2 Å². The number of aryl methyl sites for hydroxylation is 1. The topological polar surface area (TPSA) is 80.9 Å². The van der Waals surface area contributed by atoms with Crippen LogP contribution in [-0.2, 0) is 24.2 Å². The van der Waals surface area contributed by atoms with Crippen LogP contribution in [0.2, 0.25) is 0 Å². The Bertz CT molecular complexity index is 675. The molecule has 1 aliphatic carbocycles. The number of thioether (sulfide) groups is 1. The number of nitrogen functional groups attached to an aromatic ring is 1. The summed E-state index contributed by atoms with van der Waals surface area (Å²) >= 11 is 1.33. The summed E-state index contributed by atoms with van der Waals surface area (Å²) in [5.41, 5.74) is 9.15. The van der Waals surface area contributed by atoms with Crippen LogP contribution >= 0.6 is 11.8 Å². The average molecular weight is 314 g/mol. The van der Waals surface area contributed by atoms with Gasteiger partial charge in [0.25, 0.3) is 0 Å². The lowest BCUT2D eigenvalue weighted by molar-refractivity contribution is -0.118. The second kappa shape index (κ2) is 6.79. The zero-order chi connectivity index (χ0) is 15.4. The molecule has 0 aliphatic heterocycles. The molecule has 0 saturated heterocycles. The molecule has 0 fully saturated rings. The van der Waals surface area contributed by atoms with Gasteiger partial charge in [0, 0.05) is 12.1 Å². The van der Waals surface area contributed by atoms with Crippen molar-refractivity contribution in [1.82, 2.24) is 15.3 Å². The number of carbonyl (C=O) groups excluding carboxylic acids is 1. The molecule has 3 rings (SSSR count). The second-order valence-electron chi connectivity index (χ2n) is 5.22. The molecule has 2 aromatic rings. The van der Waals surface area contributed by atoms with Gasteiger partial charge in [-0.05, 0) is 24.8 Å². The Morgan fingerprint density at radius 1 is 1.23 bits per heavy atom. The third-order valence-corrected chi connectivity index (χ3v) is 4.46. The summed E-state index contributed by atoms with van der Waals surface area (Å²) in [6, 6.07) is 9.83. The van der Waals surface area contributed by atoms with Crippen molar-refractivity contribution in [3.8, 4) is 0 Å². The van der Waals surface area contributed by atoms with Gasteiger partial charge in [-0.25, -0.2) is 9.97 Å². The van der Waals surface area contributed by atoms with Crippen LogP contribution in [-0.4, -0.2) is 21.6 Å². The smallest absolute Gasteiger partial charge is 0.230 e. The van der Waals surface area contributed by atoms with Crippen molar-refractivity contribution >= 4 is 23.5 Å². The molecule has 3 N–H and O–H groups in total. The highest BCUT2D eigenvalue weighted by Gasteiger charge is 2.18. The van der Waals surface area contributed by atoms with Crippen LogP contribution in [0.25, 0.3) is 0 Å². The first-order valence-corrected chi connectivity index (χ1v) is 8.29. The number of fused-ring (bicyclic) bond motifs is 1. The molecule has 0 saturated carbocycles. The van der Waals surface area contributed by atoms with Gasteiger partial charge in [0.15, 0.2) is 5.16 Å². The Kier molecular flexibility index (Phi) is 4.58. The van der Waals surface area contributed by atoms with Crippen molar-refractivity contribution in [3.63, 3.8) is 0 Å². The maximum Gasteiger partial charge on any atom is 0.230 e. The summed E-state index contributed by atoms with van der Waals surface area (Å²) < 4.78 is 0. The van der Waals surface area contributed by atoms with Gasteiger partial charge in [-0.2, -0.15) is 0 Å². The fourth-order valence-electron chi connectivity index (χ4n) is 2.48. The predicted octanol–water partition coefficient (Wildman–Crippen LogP) is 1.96. The van der Waals surface area contributed by atoms with E-state index < -0.39 is 0 Å². The number of hydrogen-bond acceptors (Lipinski definition) is 5. The molecular formula is C16H18N4OS. The van der Waals surface area contributed by atoms with Gasteiger partial charge < -0.3 is 11.1 Å². The van der Waals surface area contributed by atoms with E-state index >= 15 is 0 Å². The largest absolute Gasteiger partial charge is 0.383 e. The third kappa shape index (κ3) is 3.57. The maximum atomic E-state index is 11.9. The molecule has 0 radical (unpaired) electrons. The van der Waals surface area contributed by atoms with E-state index in [4.69, 9.17) is 5.73 Å². The lowest BCUT2D eigenvalue weighted by atomic mass is 10.2. The van der Waals surface area contributed by atoms with E-state index in [1.807, 2.05) is 30.3 Å². The van der Waals surface area contributed by atoms with Crippen LogP contribution in [0.15, 0.2) is 35.5 Å². The second-order valence-corrected chi connectivity index (χ2v) is 6.16. The molecule has 0 spiro atoms. The number of anilines is 1. The predicted molar refractivity (Wildman–Crippen MR) is 87.5 cm³/mol. The Balaban J connectivity index is 1.52. The highest BCUT2D eigenvalue weighted by Crippen LogP contribution is 2.26. The zero-order valence-electron chi connectivity index (χ0n) is 12.2. The Morgan fingerprint density at radius 2 is 2.05 bits per heavy atom. The molecule has 6 heteroatoms. The maximum absolute atomic E-state index is 11.9. The summed E-state index contributed by atoms with van der Waals surface area (Å²) in [6.07, 6.45) is 3.00. The molecule has 0 unspecified atom stereocenters. The molecule has 1 aromatic carbocycles. The number of carbonyl (C=O) groups is 1. The summed E-state index contributed by atoms with van der Waals surface area (Å²) in [6.45, 7) is 0.535. The first kappa shape index (κ1) is 14.8. The van der Waals surface area contributed by atoms with Gasteiger partial charge in [-0.3, -0.25) is 4.79 Å². The van der Waals surface area contributed by atoms with Gasteiger partial charge >= 0.3 is 0 Å². The van der Waals surface area contributed by atoms with Gasteiger partial charge in [-0.1, -0.05) is 42.1 Å². The minimum Gasteiger partial charge on any atom is -0.383 e. The monoisotopic (exact) mass is 314 g/mol. The lowest BCUT2D eigenvalue weighted by Gasteiger charge is -2.07. The molecule has 5 nitrogen and oxygen atoms in total. The van der Waals surface area contributed by atoms with E-state index in [0.29, 0.717) is 23.3 Å². The van der Waals surface area contributed by atoms with Crippen molar-refractivity contribution in [2.45, 2.75) is 31.0 Å². The van der Waals surface area contributed by atoms with Crippen LogP contribution in [0.4, 0.5) is 5.82 Å². The van der Waals surface area contributed by atoms with Crippen molar-refractivity contribution in [1.29, 1.82) is 0 Å². The Morgan fingerprint density at radius 3 is 2.86 bits per heavy atom. The number of amides is 1. The fourth-order valence-corrected chi connectivity index (χ4v) is 3.18. The molecule has 114 valence electrons. The molecule has 1 heterocycles. The minimum absolute atomic E-state index is 0.0310. The van der Waals surface area contributed by atoms with E-state index in [1.165, 1.54) is 11.8 Å². The van der Waals surface area contributed by atoms with E-state index in [0.717, 1.165) is 36.1 Å². The number of rotatable bonds is 5. The highest BCUT2D eigenvalue weighted by molar-refractivity contribution is 7.99. The van der Waals surface area contributed by atoms with Crippen LogP contribution < -0.4 is 11.1 Å². The quantitative estimate of drug-likeness (QED) is 0.651. The summed E-state index contributed by atoms with van der Waals surface area (Å²) in [5, 5.41) is 3.48. The normalized spacial score (nSPS) is 12.9. The molecule has 1 aliphatic rings. The average Bonchev–Trinajstić information content (AvgIpc) is 3.01. The number of hydrogen-bond donors (Lipinski definition) is 2. The molecule has 0 bridgehead atoms. The third-order valence-electron chi connectivity index (χ3n) is 3.61. The summed E-state index contributed by atoms with van der Waals surface area (Å²) in [4.78, 5) is 20.7. The van der Waals surface area contributed by atoms with E-state index in [9.17, 15) is 4.79 Å². The Hall–Kier alpha value is -2.08. The molecule has 0 atom stereocenters. The fraction of sp³-hybridized carbons (Fsp3) is 0.312. The van der Waals surface area contributed by atoms with Crippen LogP contribution in [0.5, 0.6) is 0 Å². The van der Waals surface area contributed by atoms with Gasteiger partial charge in [0.1, 0.15) is 5.82 Å². The number of aromatic nitrogens is 2. The number of nitrogens with one attached hydrogen (secondary N) is 1. The minimum atomic E-state index is -0.0310. The van der Waals surface area contributed by atoms with Crippen molar-refractivity contribution in [2.75, 3.05) is 11.5 Å². The zero-order valence-corrected chi connectivity index (χ0v) is 13.0. The van der Waals surface area contributed by atoms with E-state index in [-0.39, 0.29) is 5.91 Å². The van der Waals surface area contributed by atoms with Gasteiger partial charge in [0.2, 0.25) is 5.91 Å². The van der Waals surface area contributed by atoms with Crippen molar-refractivity contribution in [2.24, 2.45) is 0 Å². The summed E-state index contributed by atoms with van der Waals surface area (Å²) in [7, 11) is 0. The number of nitrogens with two attached hydrogens (primary N) is 1. The SMILES string of the molecule is Nc1nc(SCC(=O)NCc2ccccc2)nc2c1CCC2. The van der Waals surface area contributed by atoms with Crippen molar-refractivity contribution < 1.29 is 4.79 Å². The standard InChI is InChI=1S/C16H18N4OS/c17-15-12-7-4-8-13(12)19-16(20-15)22-10-14(21)18-9-11-5-2-1-3-6-11/h1-3,5-6H,4,7-10H2,(H,18,21)(H2,17,19,20). The molecule has 1 amide bonds. The van der Waals surface area contributed by atoms with E-state index in [1.54, 1.807) is 0 Å². The first-order chi connectivity index (χ1) is 10.7. The lowest BCUT2D eigenvalue weighted by Crippen LogP contribution is -2.24. The van der Waals surface area contributed by atoms with E-state index in [2.05, 4.69) is 15.3 Å². The van der Waals surface area contributed by atoms with Crippen LogP contribution in [0.3, 0.4) is 0 Å². The molecular weight excluding hydrogens is 296 g/mol. The molecule has 1 aromatic heterocycles. The van der Waals surface area contributed by atoms with Crippen LogP contribution in [0, 0.1) is 0 Å². The number of nitrogens with zero attached hydrogens (tertiary/aromatic N) is 2. The van der Waals surface area contributed by atoms with Gasteiger partial charge in [-0.15, -0.1) is 0 Å². The Labute approximate surface area is 133 Å².